The maximum atomic E-state index is 14.9. The number of hydrogen-bond acceptors (Lipinski definition) is 6. The van der Waals surface area contributed by atoms with E-state index in [-0.39, 0.29) is 17.5 Å². The van der Waals surface area contributed by atoms with Crippen LogP contribution in [0.1, 0.15) is 43.4 Å². The first-order valence-corrected chi connectivity index (χ1v) is 13.8. The van der Waals surface area contributed by atoms with Crippen LogP contribution in [-0.2, 0) is 10.2 Å². The van der Waals surface area contributed by atoms with Crippen LogP contribution in [0, 0.1) is 5.92 Å². The van der Waals surface area contributed by atoms with Gasteiger partial charge in [-0.25, -0.2) is 0 Å². The Bertz CT molecular complexity index is 1780. The van der Waals surface area contributed by atoms with Gasteiger partial charge in [0.15, 0.2) is 11.6 Å². The van der Waals surface area contributed by atoms with E-state index in [0.29, 0.717) is 33.9 Å². The fourth-order valence-corrected chi connectivity index (χ4v) is 7.11. The molecule has 7 heteroatoms. The van der Waals surface area contributed by atoms with Crippen molar-refractivity contribution in [2.24, 2.45) is 5.92 Å². The second-order valence-corrected chi connectivity index (χ2v) is 10.7. The predicted octanol–water partition coefficient (Wildman–Crippen LogP) is 5.69. The number of amides is 1. The van der Waals surface area contributed by atoms with Gasteiger partial charge in [0.25, 0.3) is 0 Å². The van der Waals surface area contributed by atoms with E-state index in [0.717, 1.165) is 11.1 Å². The molecule has 0 bridgehead atoms. The number of Topliss-reactive ketones (excluding diaryl/α,β-unsaturated/α-hetero) is 2. The molecule has 7 nitrogen and oxygen atoms in total. The number of para-hydroxylation sites is 2. The average Bonchev–Trinajstić information content (AvgIpc) is 3.52. The maximum absolute atomic E-state index is 14.9. The van der Waals surface area contributed by atoms with Crippen molar-refractivity contribution in [2.75, 3.05) is 19.5 Å². The molecule has 3 aliphatic rings. The standard InChI is InChI=1S/C35H28N2O5/c1-41-23-17-15-22(16-18-23)31(38)29-30(32(39)25-11-5-8-14-28(25)42-2)37-20-19-21-9-3-4-10-24(21)33(37)35(29)26-12-6-7-13-27(26)36-34(35)40/h3-20,29-30,33H,1-2H3,(H,36,40)/t29-,30+,33-,35-/m0/s1. The van der Waals surface area contributed by atoms with Crippen LogP contribution in [0.5, 0.6) is 11.5 Å². The molecular formula is C35H28N2O5. The minimum atomic E-state index is -1.39. The van der Waals surface area contributed by atoms with E-state index in [1.807, 2.05) is 65.7 Å². The Kier molecular flexibility index (Phi) is 5.97. The van der Waals surface area contributed by atoms with Crippen LogP contribution in [0.4, 0.5) is 5.69 Å². The third-order valence-electron chi connectivity index (χ3n) is 8.87. The van der Waals surface area contributed by atoms with Gasteiger partial charge in [0.1, 0.15) is 23.0 Å². The number of hydrogen-bond donors (Lipinski definition) is 1. The Hall–Kier alpha value is -5.17. The topological polar surface area (TPSA) is 84.9 Å². The SMILES string of the molecule is COc1ccc(C(=O)[C@@H]2[C@H](C(=O)c3ccccc3OC)N3C=Cc4ccccc4[C@H]3[C@@]23C(=O)Nc2ccccc23)cc1. The Morgan fingerprint density at radius 2 is 1.52 bits per heavy atom. The molecule has 4 atom stereocenters. The van der Waals surface area contributed by atoms with Crippen molar-refractivity contribution >= 4 is 29.2 Å². The van der Waals surface area contributed by atoms with Crippen LogP contribution in [0.2, 0.25) is 0 Å². The van der Waals surface area contributed by atoms with E-state index in [1.165, 1.54) is 7.11 Å². The summed E-state index contributed by atoms with van der Waals surface area (Å²) >= 11 is 0. The molecule has 3 aliphatic heterocycles. The first kappa shape index (κ1) is 25.8. The Balaban J connectivity index is 1.53. The molecule has 42 heavy (non-hydrogen) atoms. The van der Waals surface area contributed by atoms with Crippen LogP contribution in [0.25, 0.3) is 6.08 Å². The lowest BCUT2D eigenvalue weighted by Crippen LogP contribution is -2.49. The molecule has 208 valence electrons. The fraction of sp³-hybridized carbons (Fsp3) is 0.171. The van der Waals surface area contributed by atoms with Gasteiger partial charge in [0, 0.05) is 17.5 Å². The van der Waals surface area contributed by atoms with E-state index < -0.39 is 23.4 Å². The van der Waals surface area contributed by atoms with E-state index in [9.17, 15) is 14.4 Å². The van der Waals surface area contributed by atoms with Crippen molar-refractivity contribution in [3.05, 3.63) is 131 Å². The van der Waals surface area contributed by atoms with Crippen LogP contribution >= 0.6 is 0 Å². The molecule has 4 aromatic rings. The Labute approximate surface area is 243 Å². The lowest BCUT2D eigenvalue weighted by molar-refractivity contribution is -0.122. The van der Waals surface area contributed by atoms with Gasteiger partial charge in [-0.1, -0.05) is 54.6 Å². The van der Waals surface area contributed by atoms with Crippen LogP contribution in [0.15, 0.2) is 103 Å². The molecular weight excluding hydrogens is 528 g/mol. The number of nitrogens with zero attached hydrogens (tertiary/aromatic N) is 1. The molecule has 1 saturated heterocycles. The van der Waals surface area contributed by atoms with Gasteiger partial charge >= 0.3 is 0 Å². The van der Waals surface area contributed by atoms with E-state index in [4.69, 9.17) is 9.47 Å². The fourth-order valence-electron chi connectivity index (χ4n) is 7.11. The van der Waals surface area contributed by atoms with Crippen molar-refractivity contribution in [3.63, 3.8) is 0 Å². The van der Waals surface area contributed by atoms with Crippen molar-refractivity contribution in [1.82, 2.24) is 4.90 Å². The number of ether oxygens (including phenoxy) is 2. The Morgan fingerprint density at radius 3 is 2.31 bits per heavy atom. The predicted molar refractivity (Wildman–Crippen MR) is 159 cm³/mol. The van der Waals surface area contributed by atoms with Crippen molar-refractivity contribution in [2.45, 2.75) is 17.5 Å². The van der Waals surface area contributed by atoms with Gasteiger partial charge in [-0.2, -0.15) is 0 Å². The minimum absolute atomic E-state index is 0.289. The minimum Gasteiger partial charge on any atom is -0.497 e. The molecule has 0 unspecified atom stereocenters. The summed E-state index contributed by atoms with van der Waals surface area (Å²) in [6.07, 6.45) is 3.81. The molecule has 1 fully saturated rings. The number of carbonyl (C=O) groups is 3. The summed E-state index contributed by atoms with van der Waals surface area (Å²) in [5.74, 6) is -0.930. The number of benzene rings is 4. The zero-order valence-corrected chi connectivity index (χ0v) is 23.1. The largest absolute Gasteiger partial charge is 0.497 e. The molecule has 1 amide bonds. The number of carbonyl (C=O) groups excluding carboxylic acids is 3. The van der Waals surface area contributed by atoms with Crippen LogP contribution in [0.3, 0.4) is 0 Å². The van der Waals surface area contributed by atoms with E-state index in [1.54, 1.807) is 55.6 Å². The quantitative estimate of drug-likeness (QED) is 0.308. The molecule has 7 rings (SSSR count). The second kappa shape index (κ2) is 9.73. The number of rotatable bonds is 6. The molecule has 0 radical (unpaired) electrons. The lowest BCUT2D eigenvalue weighted by Gasteiger charge is -2.38. The van der Waals surface area contributed by atoms with Gasteiger partial charge in [-0.3, -0.25) is 14.4 Å². The molecule has 3 heterocycles. The summed E-state index contributed by atoms with van der Waals surface area (Å²) in [4.78, 5) is 46.0. The maximum Gasteiger partial charge on any atom is 0.238 e. The third kappa shape index (κ3) is 3.49. The zero-order valence-electron chi connectivity index (χ0n) is 23.1. The summed E-state index contributed by atoms with van der Waals surface area (Å²) in [6, 6.07) is 27.6. The monoisotopic (exact) mass is 556 g/mol. The van der Waals surface area contributed by atoms with Gasteiger partial charge < -0.3 is 19.7 Å². The molecule has 1 spiro atoms. The van der Waals surface area contributed by atoms with Gasteiger partial charge in [-0.15, -0.1) is 0 Å². The lowest BCUT2D eigenvalue weighted by atomic mass is 9.62. The van der Waals surface area contributed by atoms with Gasteiger partial charge in [-0.05, 0) is 65.2 Å². The number of anilines is 1. The average molecular weight is 557 g/mol. The summed E-state index contributed by atoms with van der Waals surface area (Å²) in [5, 5.41) is 3.07. The smallest absolute Gasteiger partial charge is 0.238 e. The number of fused-ring (bicyclic) bond motifs is 6. The Morgan fingerprint density at radius 1 is 0.810 bits per heavy atom. The van der Waals surface area contributed by atoms with E-state index in [2.05, 4.69) is 5.32 Å². The van der Waals surface area contributed by atoms with Crippen molar-refractivity contribution in [1.29, 1.82) is 0 Å². The normalized spacial score (nSPS) is 23.1. The first-order chi connectivity index (χ1) is 20.5. The molecule has 0 aromatic heterocycles. The second-order valence-electron chi connectivity index (χ2n) is 10.7. The summed E-state index contributed by atoms with van der Waals surface area (Å²) in [5.41, 5.74) is 2.53. The molecule has 0 saturated carbocycles. The molecule has 0 aliphatic carbocycles. The van der Waals surface area contributed by atoms with Crippen molar-refractivity contribution < 1.29 is 23.9 Å². The van der Waals surface area contributed by atoms with Crippen LogP contribution in [-0.4, -0.2) is 42.6 Å². The highest BCUT2D eigenvalue weighted by Crippen LogP contribution is 2.62. The van der Waals surface area contributed by atoms with Crippen molar-refractivity contribution in [3.8, 4) is 11.5 Å². The molecule has 4 aromatic carbocycles. The zero-order chi connectivity index (χ0) is 29.0. The van der Waals surface area contributed by atoms with Gasteiger partial charge in [0.2, 0.25) is 5.91 Å². The number of nitrogens with one attached hydrogen (secondary N) is 1. The highest BCUT2D eigenvalue weighted by Gasteiger charge is 2.70. The third-order valence-corrected chi connectivity index (χ3v) is 8.87. The summed E-state index contributed by atoms with van der Waals surface area (Å²) < 4.78 is 10.9. The summed E-state index contributed by atoms with van der Waals surface area (Å²) in [6.45, 7) is 0. The highest BCUT2D eigenvalue weighted by atomic mass is 16.5. The van der Waals surface area contributed by atoms with Gasteiger partial charge in [0.05, 0.1) is 31.7 Å². The first-order valence-electron chi connectivity index (χ1n) is 13.8. The molecule has 1 N–H and O–H groups in total. The van der Waals surface area contributed by atoms with E-state index >= 15 is 0 Å². The summed E-state index contributed by atoms with van der Waals surface area (Å²) in [7, 11) is 3.08. The highest BCUT2D eigenvalue weighted by molar-refractivity contribution is 6.17. The van der Waals surface area contributed by atoms with Crippen LogP contribution < -0.4 is 14.8 Å². The number of methoxy groups -OCH3 is 2. The number of ketones is 2.